The summed E-state index contributed by atoms with van der Waals surface area (Å²) in [6, 6.07) is 7.44. The van der Waals surface area contributed by atoms with Gasteiger partial charge in [0, 0.05) is 5.56 Å². The van der Waals surface area contributed by atoms with E-state index in [0.29, 0.717) is 18.4 Å². The van der Waals surface area contributed by atoms with E-state index in [1.54, 1.807) is 6.07 Å². The summed E-state index contributed by atoms with van der Waals surface area (Å²) >= 11 is 1.84. The number of rotatable bonds is 6. The van der Waals surface area contributed by atoms with Gasteiger partial charge in [0.25, 0.3) is 0 Å². The average molecular weight is 384 g/mol. The first-order valence-corrected chi connectivity index (χ1v) is 10.4. The molecule has 2 unspecified atom stereocenters. The maximum Gasteiger partial charge on any atom is 0.248 e. The molecule has 1 fully saturated rings. The van der Waals surface area contributed by atoms with E-state index < -0.39 is 11.5 Å². The molecule has 0 spiro atoms. The Balaban J connectivity index is 1.65. The lowest BCUT2D eigenvalue weighted by Gasteiger charge is -2.44. The Morgan fingerprint density at radius 2 is 2.22 bits per heavy atom. The van der Waals surface area contributed by atoms with Gasteiger partial charge >= 0.3 is 0 Å². The molecule has 0 radical (unpaired) electrons. The minimum absolute atomic E-state index is 0.319. The van der Waals surface area contributed by atoms with E-state index in [-0.39, 0.29) is 4.75 Å². The number of carbonyl (C=O) groups is 1. The van der Waals surface area contributed by atoms with Crippen molar-refractivity contribution >= 4 is 23.7 Å². The number of nitrogens with zero attached hydrogens (tertiary/aromatic N) is 1. The fourth-order valence-corrected chi connectivity index (χ4v) is 6.28. The molecule has 4 rings (SSSR count). The first kappa shape index (κ1) is 18.3. The second-order valence-electron chi connectivity index (χ2n) is 7.47. The molecule has 4 N–H and O–H groups in total. The molecule has 2 aromatic rings. The number of amides is 1. The van der Waals surface area contributed by atoms with Crippen LogP contribution < -0.4 is 5.73 Å². The highest BCUT2D eigenvalue weighted by Crippen LogP contribution is 2.57. The second-order valence-corrected chi connectivity index (χ2v) is 9.03. The van der Waals surface area contributed by atoms with Gasteiger partial charge in [0.1, 0.15) is 0 Å². The monoisotopic (exact) mass is 383 g/mol. The van der Waals surface area contributed by atoms with E-state index in [4.69, 9.17) is 5.73 Å². The number of primary amides is 1. The second kappa shape index (κ2) is 6.84. The van der Waals surface area contributed by atoms with Gasteiger partial charge in [0.15, 0.2) is 0 Å². The van der Waals surface area contributed by atoms with Crippen molar-refractivity contribution in [3.63, 3.8) is 0 Å². The van der Waals surface area contributed by atoms with Crippen LogP contribution in [0.4, 0.5) is 0 Å². The van der Waals surface area contributed by atoms with Gasteiger partial charge in [-0.25, -0.2) is 0 Å². The Kier molecular flexibility index (Phi) is 4.64. The van der Waals surface area contributed by atoms with Crippen LogP contribution in [0.2, 0.25) is 0 Å². The first-order chi connectivity index (χ1) is 13.0. The van der Waals surface area contributed by atoms with Crippen LogP contribution in [0.3, 0.4) is 0 Å². The lowest BCUT2D eigenvalue weighted by Crippen LogP contribution is -2.51. The van der Waals surface area contributed by atoms with E-state index in [2.05, 4.69) is 23.2 Å². The van der Waals surface area contributed by atoms with Gasteiger partial charge < -0.3 is 10.8 Å². The third-order valence-corrected chi connectivity index (χ3v) is 7.64. The zero-order chi connectivity index (χ0) is 19.1. The van der Waals surface area contributed by atoms with Crippen molar-refractivity contribution in [2.45, 2.75) is 49.4 Å². The van der Waals surface area contributed by atoms with Gasteiger partial charge in [-0.1, -0.05) is 25.1 Å². The Labute approximate surface area is 163 Å². The SMILES string of the molecule is CCSC12Cc3cn[nH]c3C=C1CCC2(O)CCc1ccccc1C(N)=O. The number of benzene rings is 1. The maximum atomic E-state index is 11.8. The van der Waals surface area contributed by atoms with Crippen molar-refractivity contribution < 1.29 is 9.90 Å². The van der Waals surface area contributed by atoms with Crippen LogP contribution >= 0.6 is 11.8 Å². The molecule has 2 aliphatic carbocycles. The Morgan fingerprint density at radius 3 is 3.00 bits per heavy atom. The summed E-state index contributed by atoms with van der Waals surface area (Å²) in [7, 11) is 0. The minimum Gasteiger partial charge on any atom is -0.388 e. The molecule has 1 saturated carbocycles. The molecule has 27 heavy (non-hydrogen) atoms. The van der Waals surface area contributed by atoms with E-state index in [1.807, 2.05) is 36.2 Å². The number of hydrogen-bond donors (Lipinski definition) is 3. The van der Waals surface area contributed by atoms with Crippen molar-refractivity contribution in [3.8, 4) is 0 Å². The van der Waals surface area contributed by atoms with E-state index in [0.717, 1.165) is 41.8 Å². The quantitative estimate of drug-likeness (QED) is 0.715. The molecule has 0 saturated heterocycles. The number of fused-ring (bicyclic) bond motifs is 2. The number of H-pyrrole nitrogens is 1. The highest BCUT2D eigenvalue weighted by atomic mass is 32.2. The van der Waals surface area contributed by atoms with E-state index >= 15 is 0 Å². The molecule has 5 nitrogen and oxygen atoms in total. The lowest BCUT2D eigenvalue weighted by atomic mass is 9.76. The van der Waals surface area contributed by atoms with Crippen LogP contribution in [-0.2, 0) is 12.8 Å². The molecule has 2 aliphatic rings. The molecule has 1 aromatic carbocycles. The van der Waals surface area contributed by atoms with Crippen molar-refractivity contribution in [1.82, 2.24) is 10.2 Å². The Hall–Kier alpha value is -2.05. The number of aliphatic hydroxyl groups is 1. The molecule has 142 valence electrons. The number of aromatic nitrogens is 2. The lowest BCUT2D eigenvalue weighted by molar-refractivity contribution is 0.0156. The molecule has 1 heterocycles. The topological polar surface area (TPSA) is 92.0 Å². The van der Waals surface area contributed by atoms with Crippen molar-refractivity contribution in [2.24, 2.45) is 5.73 Å². The zero-order valence-electron chi connectivity index (χ0n) is 15.5. The normalized spacial score (nSPS) is 26.4. The molecule has 2 atom stereocenters. The van der Waals surface area contributed by atoms with Crippen molar-refractivity contribution in [1.29, 1.82) is 0 Å². The van der Waals surface area contributed by atoms with Gasteiger partial charge in [0.05, 0.1) is 22.2 Å². The summed E-state index contributed by atoms with van der Waals surface area (Å²) in [5.74, 6) is 0.521. The van der Waals surface area contributed by atoms with Crippen molar-refractivity contribution in [2.75, 3.05) is 5.75 Å². The average Bonchev–Trinajstić information content (AvgIpc) is 3.21. The number of aromatic amines is 1. The molecular formula is C21H25N3O2S. The third-order valence-electron chi connectivity index (χ3n) is 6.07. The Morgan fingerprint density at radius 1 is 1.41 bits per heavy atom. The Bertz CT molecular complexity index is 906. The molecule has 1 aromatic heterocycles. The number of nitrogens with two attached hydrogens (primary N) is 1. The number of thioether (sulfide) groups is 1. The van der Waals surface area contributed by atoms with E-state index in [1.165, 1.54) is 5.57 Å². The van der Waals surface area contributed by atoms with Crippen LogP contribution in [0.1, 0.15) is 53.4 Å². The third kappa shape index (κ3) is 2.91. The zero-order valence-corrected chi connectivity index (χ0v) is 16.3. The fraction of sp³-hybridized carbons (Fsp3) is 0.429. The number of hydrogen-bond acceptors (Lipinski definition) is 4. The van der Waals surface area contributed by atoms with Crippen LogP contribution in [0.5, 0.6) is 0 Å². The summed E-state index contributed by atoms with van der Waals surface area (Å²) < 4.78 is -0.319. The van der Waals surface area contributed by atoms with Crippen molar-refractivity contribution in [3.05, 3.63) is 58.4 Å². The molecule has 0 bridgehead atoms. The minimum atomic E-state index is -0.820. The number of aryl methyl sites for hydroxylation is 1. The predicted molar refractivity (Wildman–Crippen MR) is 109 cm³/mol. The summed E-state index contributed by atoms with van der Waals surface area (Å²) in [4.78, 5) is 11.7. The maximum absolute atomic E-state index is 11.8. The molecule has 6 heteroatoms. The standard InChI is InChI=1S/C21H25N3O2S/c1-2-27-21-12-15-13-23-24-18(15)11-16(21)8-10-20(21,26)9-7-14-5-3-4-6-17(14)19(22)25/h3-6,11,13,26H,2,7-10,12H2,1H3,(H2,22,25)(H,23,24). The molecule has 0 aliphatic heterocycles. The fourth-order valence-electron chi connectivity index (χ4n) is 4.71. The summed E-state index contributed by atoms with van der Waals surface area (Å²) in [5, 5.41) is 19.1. The molecule has 1 amide bonds. The van der Waals surface area contributed by atoms with Gasteiger partial charge in [-0.05, 0) is 66.7 Å². The summed E-state index contributed by atoms with van der Waals surface area (Å²) in [5.41, 5.74) is 9.70. The van der Waals surface area contributed by atoms with Crippen LogP contribution in [0.15, 0.2) is 36.0 Å². The highest BCUT2D eigenvalue weighted by molar-refractivity contribution is 8.00. The summed E-state index contributed by atoms with van der Waals surface area (Å²) in [6.07, 6.45) is 7.71. The van der Waals surface area contributed by atoms with E-state index in [9.17, 15) is 9.90 Å². The van der Waals surface area contributed by atoms with Gasteiger partial charge in [0.2, 0.25) is 5.91 Å². The van der Waals surface area contributed by atoms with Gasteiger partial charge in [-0.15, -0.1) is 11.8 Å². The van der Waals surface area contributed by atoms with Crippen LogP contribution in [0, 0.1) is 0 Å². The number of nitrogens with one attached hydrogen (secondary N) is 1. The number of carbonyl (C=O) groups excluding carboxylic acids is 1. The van der Waals surface area contributed by atoms with Gasteiger partial charge in [-0.2, -0.15) is 5.10 Å². The van der Waals surface area contributed by atoms with Gasteiger partial charge in [-0.3, -0.25) is 9.89 Å². The highest BCUT2D eigenvalue weighted by Gasteiger charge is 2.57. The van der Waals surface area contributed by atoms with Crippen LogP contribution in [0.25, 0.3) is 6.08 Å². The largest absolute Gasteiger partial charge is 0.388 e. The summed E-state index contributed by atoms with van der Waals surface area (Å²) in [6.45, 7) is 2.14. The predicted octanol–water partition coefficient (Wildman–Crippen LogP) is 3.10. The smallest absolute Gasteiger partial charge is 0.248 e. The first-order valence-electron chi connectivity index (χ1n) is 9.46. The van der Waals surface area contributed by atoms with Crippen LogP contribution in [-0.4, -0.2) is 37.3 Å². The molecular weight excluding hydrogens is 358 g/mol.